The lowest BCUT2D eigenvalue weighted by Crippen LogP contribution is -2.34. The Kier molecular flexibility index (Phi) is 6.65. The quantitative estimate of drug-likeness (QED) is 0.636. The van der Waals surface area contributed by atoms with E-state index in [9.17, 15) is 4.79 Å². The van der Waals surface area contributed by atoms with Crippen molar-refractivity contribution >= 4 is 28.9 Å². The molecule has 0 aliphatic carbocycles. The Balaban J connectivity index is 2.57. The monoisotopic (exact) mass is 292 g/mol. The van der Waals surface area contributed by atoms with Gasteiger partial charge < -0.3 is 10.6 Å². The van der Waals surface area contributed by atoms with Crippen molar-refractivity contribution in [2.45, 2.75) is 53.4 Å². The van der Waals surface area contributed by atoms with E-state index in [-0.39, 0.29) is 5.91 Å². The molecule has 1 aromatic carbocycles. The van der Waals surface area contributed by atoms with Crippen LogP contribution in [0.1, 0.15) is 49.3 Å². The van der Waals surface area contributed by atoms with Gasteiger partial charge in [-0.3, -0.25) is 4.79 Å². The summed E-state index contributed by atoms with van der Waals surface area (Å²) in [5.74, 6) is -0.0154. The minimum absolute atomic E-state index is 0.0154. The molecule has 4 heteroatoms. The van der Waals surface area contributed by atoms with E-state index >= 15 is 0 Å². The van der Waals surface area contributed by atoms with Crippen LogP contribution in [0, 0.1) is 20.8 Å². The Hall–Kier alpha value is -1.42. The van der Waals surface area contributed by atoms with E-state index in [1.807, 2.05) is 13.8 Å². The zero-order valence-electron chi connectivity index (χ0n) is 12.8. The molecule has 1 aromatic rings. The molecule has 0 radical (unpaired) electrons. The molecule has 0 spiro atoms. The summed E-state index contributed by atoms with van der Waals surface area (Å²) in [5, 5.41) is 6.24. The van der Waals surface area contributed by atoms with Crippen LogP contribution < -0.4 is 10.6 Å². The van der Waals surface area contributed by atoms with Crippen molar-refractivity contribution in [3.63, 3.8) is 0 Å². The van der Waals surface area contributed by atoms with Crippen LogP contribution in [0.4, 0.5) is 5.69 Å². The molecule has 0 bridgehead atoms. The SMILES string of the molecule is CCCCCC(=O)NC(=S)Nc1c(C)cc(C)cc1C. The van der Waals surface area contributed by atoms with Gasteiger partial charge in [0.15, 0.2) is 5.11 Å². The number of anilines is 1. The lowest BCUT2D eigenvalue weighted by molar-refractivity contribution is -0.119. The molecule has 2 N–H and O–H groups in total. The molecule has 0 saturated carbocycles. The van der Waals surface area contributed by atoms with Crippen LogP contribution in [-0.2, 0) is 4.79 Å². The van der Waals surface area contributed by atoms with Crippen LogP contribution in [0.25, 0.3) is 0 Å². The predicted octanol–water partition coefficient (Wildman–Crippen LogP) is 4.01. The first kappa shape index (κ1) is 16.6. The van der Waals surface area contributed by atoms with Gasteiger partial charge in [0.25, 0.3) is 0 Å². The second-order valence-electron chi connectivity index (χ2n) is 5.23. The minimum Gasteiger partial charge on any atom is -0.332 e. The van der Waals surface area contributed by atoms with Gasteiger partial charge in [-0.2, -0.15) is 0 Å². The number of carbonyl (C=O) groups excluding carboxylic acids is 1. The molecule has 0 saturated heterocycles. The van der Waals surface area contributed by atoms with Crippen LogP contribution in [0.15, 0.2) is 12.1 Å². The van der Waals surface area contributed by atoms with Gasteiger partial charge in [0.2, 0.25) is 5.91 Å². The Morgan fingerprint density at radius 1 is 1.15 bits per heavy atom. The fourth-order valence-corrected chi connectivity index (χ4v) is 2.46. The fraction of sp³-hybridized carbons (Fsp3) is 0.500. The van der Waals surface area contributed by atoms with Gasteiger partial charge in [-0.25, -0.2) is 0 Å². The van der Waals surface area contributed by atoms with Gasteiger partial charge in [0, 0.05) is 12.1 Å². The summed E-state index contributed by atoms with van der Waals surface area (Å²) >= 11 is 5.20. The number of unbranched alkanes of at least 4 members (excludes halogenated alkanes) is 2. The van der Waals surface area contributed by atoms with Crippen molar-refractivity contribution in [1.82, 2.24) is 5.32 Å². The molecule has 0 fully saturated rings. The number of aryl methyl sites for hydroxylation is 3. The van der Waals surface area contributed by atoms with Crippen molar-refractivity contribution < 1.29 is 4.79 Å². The van der Waals surface area contributed by atoms with E-state index < -0.39 is 0 Å². The third kappa shape index (κ3) is 5.29. The Bertz CT molecular complexity index is 474. The third-order valence-electron chi connectivity index (χ3n) is 3.18. The zero-order chi connectivity index (χ0) is 15.1. The first-order valence-corrected chi connectivity index (χ1v) is 7.53. The molecule has 0 unspecified atom stereocenters. The number of benzene rings is 1. The summed E-state index contributed by atoms with van der Waals surface area (Å²) in [6.45, 7) is 8.26. The van der Waals surface area contributed by atoms with Crippen molar-refractivity contribution in [3.05, 3.63) is 28.8 Å². The number of nitrogens with one attached hydrogen (secondary N) is 2. The number of amides is 1. The summed E-state index contributed by atoms with van der Waals surface area (Å²) in [6, 6.07) is 4.20. The van der Waals surface area contributed by atoms with E-state index in [0.717, 1.165) is 36.1 Å². The highest BCUT2D eigenvalue weighted by Crippen LogP contribution is 2.21. The first-order valence-electron chi connectivity index (χ1n) is 7.12. The van der Waals surface area contributed by atoms with Crippen LogP contribution in [0.3, 0.4) is 0 Å². The van der Waals surface area contributed by atoms with Crippen LogP contribution in [0.2, 0.25) is 0 Å². The molecule has 110 valence electrons. The Morgan fingerprint density at radius 3 is 2.30 bits per heavy atom. The van der Waals surface area contributed by atoms with Crippen molar-refractivity contribution in [2.24, 2.45) is 0 Å². The van der Waals surface area contributed by atoms with E-state index in [2.05, 4.69) is 36.6 Å². The molecule has 1 rings (SSSR count). The first-order chi connectivity index (χ1) is 9.43. The summed E-state index contributed by atoms with van der Waals surface area (Å²) in [7, 11) is 0. The molecular formula is C16H24N2OS. The van der Waals surface area contributed by atoms with Gasteiger partial charge in [-0.1, -0.05) is 37.5 Å². The highest BCUT2D eigenvalue weighted by Gasteiger charge is 2.08. The van der Waals surface area contributed by atoms with Gasteiger partial charge in [-0.05, 0) is 50.5 Å². The second-order valence-corrected chi connectivity index (χ2v) is 5.64. The lowest BCUT2D eigenvalue weighted by Gasteiger charge is -2.15. The summed E-state index contributed by atoms with van der Waals surface area (Å²) in [5.41, 5.74) is 4.46. The van der Waals surface area contributed by atoms with E-state index in [1.54, 1.807) is 0 Å². The molecule has 0 aliphatic rings. The van der Waals surface area contributed by atoms with Gasteiger partial charge in [0.1, 0.15) is 0 Å². The molecule has 0 aliphatic heterocycles. The topological polar surface area (TPSA) is 41.1 Å². The normalized spacial score (nSPS) is 10.2. The highest BCUT2D eigenvalue weighted by atomic mass is 32.1. The number of rotatable bonds is 5. The standard InChI is InChI=1S/C16H24N2OS/c1-5-6-7-8-14(19)17-16(20)18-15-12(3)9-11(2)10-13(15)4/h9-10H,5-8H2,1-4H3,(H2,17,18,19,20). The predicted molar refractivity (Wildman–Crippen MR) is 89.2 cm³/mol. The fourth-order valence-electron chi connectivity index (χ4n) is 2.25. The molecule has 3 nitrogen and oxygen atoms in total. The van der Waals surface area contributed by atoms with E-state index in [0.29, 0.717) is 11.5 Å². The molecule has 0 aromatic heterocycles. The Labute approximate surface area is 127 Å². The third-order valence-corrected chi connectivity index (χ3v) is 3.38. The van der Waals surface area contributed by atoms with Crippen LogP contribution >= 0.6 is 12.2 Å². The average molecular weight is 292 g/mol. The molecule has 1 amide bonds. The van der Waals surface area contributed by atoms with Crippen molar-refractivity contribution in [3.8, 4) is 0 Å². The largest absolute Gasteiger partial charge is 0.332 e. The van der Waals surface area contributed by atoms with Crippen molar-refractivity contribution in [1.29, 1.82) is 0 Å². The number of thiocarbonyl (C=S) groups is 1. The number of hydrogen-bond donors (Lipinski definition) is 2. The van der Waals surface area contributed by atoms with Crippen LogP contribution in [0.5, 0.6) is 0 Å². The number of hydrogen-bond acceptors (Lipinski definition) is 2. The summed E-state index contributed by atoms with van der Waals surface area (Å²) in [6.07, 6.45) is 3.62. The Morgan fingerprint density at radius 2 is 1.75 bits per heavy atom. The van der Waals surface area contributed by atoms with E-state index in [4.69, 9.17) is 12.2 Å². The molecular weight excluding hydrogens is 268 g/mol. The molecule has 0 atom stereocenters. The van der Waals surface area contributed by atoms with Gasteiger partial charge in [0.05, 0.1) is 0 Å². The minimum atomic E-state index is -0.0154. The maximum Gasteiger partial charge on any atom is 0.226 e. The maximum absolute atomic E-state index is 11.7. The summed E-state index contributed by atoms with van der Waals surface area (Å²) < 4.78 is 0. The second kappa shape index (κ2) is 8.00. The van der Waals surface area contributed by atoms with Crippen LogP contribution in [-0.4, -0.2) is 11.0 Å². The summed E-state index contributed by atoms with van der Waals surface area (Å²) in [4.78, 5) is 11.7. The smallest absolute Gasteiger partial charge is 0.226 e. The van der Waals surface area contributed by atoms with Gasteiger partial charge >= 0.3 is 0 Å². The molecule has 0 heterocycles. The maximum atomic E-state index is 11.7. The zero-order valence-corrected chi connectivity index (χ0v) is 13.6. The lowest BCUT2D eigenvalue weighted by atomic mass is 10.1. The highest BCUT2D eigenvalue weighted by molar-refractivity contribution is 7.80. The average Bonchev–Trinajstić information content (AvgIpc) is 2.34. The van der Waals surface area contributed by atoms with E-state index in [1.165, 1.54) is 5.56 Å². The molecule has 20 heavy (non-hydrogen) atoms. The van der Waals surface area contributed by atoms with Crippen molar-refractivity contribution in [2.75, 3.05) is 5.32 Å². The number of carbonyl (C=O) groups is 1. The van der Waals surface area contributed by atoms with Gasteiger partial charge in [-0.15, -0.1) is 0 Å².